The van der Waals surface area contributed by atoms with E-state index in [9.17, 15) is 36.5 Å². The van der Waals surface area contributed by atoms with Gasteiger partial charge in [-0.15, -0.1) is 0 Å². The van der Waals surface area contributed by atoms with Crippen molar-refractivity contribution >= 4 is 33.0 Å². The first-order valence-corrected chi connectivity index (χ1v) is 9.15. The SMILES string of the molecule is O=C(NCOc1ccc(C(F)(F)F)cc1Cl)c1ccc2c(c1[N+](=O)[O-])S2(=O)=O. The molecule has 1 aliphatic heterocycles. The molecule has 0 saturated carbocycles. The predicted molar refractivity (Wildman–Crippen MR) is 88.0 cm³/mol. The number of nitro groups is 1. The Morgan fingerprint density at radius 1 is 1.25 bits per heavy atom. The highest BCUT2D eigenvalue weighted by Gasteiger charge is 2.49. The summed E-state index contributed by atoms with van der Waals surface area (Å²) in [6.07, 6.45) is -4.59. The molecule has 0 fully saturated rings. The van der Waals surface area contributed by atoms with Gasteiger partial charge in [0.2, 0.25) is 9.84 Å². The molecule has 1 N–H and O–H groups in total. The largest absolute Gasteiger partial charge is 0.472 e. The number of benzene rings is 2. The number of carbonyl (C=O) groups excluding carboxylic acids is 1. The third-order valence-corrected chi connectivity index (χ3v) is 5.72. The fourth-order valence-corrected chi connectivity index (χ4v) is 4.12. The van der Waals surface area contributed by atoms with E-state index < -0.39 is 55.3 Å². The number of halogens is 4. The van der Waals surface area contributed by atoms with Crippen molar-refractivity contribution in [3.8, 4) is 5.75 Å². The Morgan fingerprint density at radius 3 is 2.50 bits per heavy atom. The standard InChI is InChI=1S/C15H8ClF3N2O6S/c16-9-5-7(15(17,18)19)1-3-10(9)27-6-20-14(22)8-2-4-11-13(28(11,25)26)12(8)21(23)24/h1-5H,6H2,(H,20,22). The quantitative estimate of drug-likeness (QED) is 0.284. The van der Waals surface area contributed by atoms with Crippen molar-refractivity contribution in [3.05, 3.63) is 56.6 Å². The number of amides is 1. The summed E-state index contributed by atoms with van der Waals surface area (Å²) in [5.41, 5.74) is -2.33. The maximum absolute atomic E-state index is 12.6. The molecule has 0 unspecified atom stereocenters. The van der Waals surface area contributed by atoms with Crippen molar-refractivity contribution in [2.24, 2.45) is 0 Å². The van der Waals surface area contributed by atoms with Crippen LogP contribution in [0.25, 0.3) is 0 Å². The molecule has 148 valence electrons. The number of hydrogen-bond donors (Lipinski definition) is 1. The van der Waals surface area contributed by atoms with Crippen molar-refractivity contribution in [3.63, 3.8) is 0 Å². The Hall–Kier alpha value is -2.86. The molecule has 28 heavy (non-hydrogen) atoms. The van der Waals surface area contributed by atoms with E-state index >= 15 is 0 Å². The van der Waals surface area contributed by atoms with Crippen molar-refractivity contribution < 1.29 is 36.0 Å². The summed E-state index contributed by atoms with van der Waals surface area (Å²) in [7, 11) is -3.86. The Kier molecular flexibility index (Phi) is 4.71. The zero-order valence-electron chi connectivity index (χ0n) is 13.4. The summed E-state index contributed by atoms with van der Waals surface area (Å²) in [4.78, 5) is 21.6. The fourth-order valence-electron chi connectivity index (χ4n) is 2.41. The minimum absolute atomic E-state index is 0.160. The lowest BCUT2D eigenvalue weighted by Gasteiger charge is -2.12. The smallest absolute Gasteiger partial charge is 0.416 e. The van der Waals surface area contributed by atoms with Crippen LogP contribution in [0.4, 0.5) is 18.9 Å². The van der Waals surface area contributed by atoms with Crippen LogP contribution < -0.4 is 10.1 Å². The lowest BCUT2D eigenvalue weighted by atomic mass is 10.1. The van der Waals surface area contributed by atoms with Crippen LogP contribution in [0.5, 0.6) is 5.75 Å². The zero-order valence-corrected chi connectivity index (χ0v) is 15.0. The van der Waals surface area contributed by atoms with Gasteiger partial charge in [-0.25, -0.2) is 8.42 Å². The number of nitro benzene ring substituents is 1. The summed E-state index contributed by atoms with van der Waals surface area (Å²) < 4.78 is 66.0. The topological polar surface area (TPSA) is 116 Å². The summed E-state index contributed by atoms with van der Waals surface area (Å²) in [5, 5.41) is 12.9. The van der Waals surface area contributed by atoms with E-state index in [1.807, 2.05) is 0 Å². The lowest BCUT2D eigenvalue weighted by Crippen LogP contribution is -2.28. The number of rotatable bonds is 5. The Morgan fingerprint density at radius 2 is 1.93 bits per heavy atom. The first-order chi connectivity index (χ1) is 12.9. The summed E-state index contributed by atoms with van der Waals surface area (Å²) in [6, 6.07) is 4.38. The van der Waals surface area contributed by atoms with Crippen LogP contribution in [-0.2, 0) is 16.0 Å². The van der Waals surface area contributed by atoms with Crippen LogP contribution in [0.2, 0.25) is 5.02 Å². The molecule has 0 spiro atoms. The van der Waals surface area contributed by atoms with Gasteiger partial charge < -0.3 is 10.1 Å². The van der Waals surface area contributed by atoms with Gasteiger partial charge in [0.1, 0.15) is 11.3 Å². The van der Waals surface area contributed by atoms with E-state index in [2.05, 4.69) is 5.32 Å². The first kappa shape index (κ1) is 19.9. The molecule has 1 amide bonds. The Bertz CT molecular complexity index is 1120. The monoisotopic (exact) mass is 436 g/mol. The Balaban J connectivity index is 1.72. The molecule has 0 saturated heterocycles. The number of alkyl halides is 3. The molecule has 1 aliphatic rings. The highest BCUT2D eigenvalue weighted by Crippen LogP contribution is 2.48. The molecule has 1 heterocycles. The van der Waals surface area contributed by atoms with Gasteiger partial charge in [-0.1, -0.05) is 11.6 Å². The van der Waals surface area contributed by atoms with Crippen molar-refractivity contribution in [2.45, 2.75) is 16.0 Å². The van der Waals surface area contributed by atoms with Gasteiger partial charge in [0.05, 0.1) is 20.4 Å². The minimum Gasteiger partial charge on any atom is -0.472 e. The zero-order chi connectivity index (χ0) is 20.9. The Labute approximate surface area is 159 Å². The highest BCUT2D eigenvalue weighted by atomic mass is 35.5. The van der Waals surface area contributed by atoms with E-state index in [0.717, 1.165) is 24.3 Å². The molecule has 0 atom stereocenters. The second-order valence-electron chi connectivity index (χ2n) is 5.49. The third-order valence-electron chi connectivity index (χ3n) is 3.76. The maximum atomic E-state index is 12.6. The van der Waals surface area contributed by atoms with Crippen LogP contribution in [0.15, 0.2) is 40.1 Å². The highest BCUT2D eigenvalue weighted by molar-refractivity contribution is 7.97. The first-order valence-electron chi connectivity index (χ1n) is 7.29. The average Bonchev–Trinajstić information content (AvgIpc) is 3.15. The number of nitrogens with one attached hydrogen (secondary N) is 1. The van der Waals surface area contributed by atoms with Gasteiger partial charge in [-0.05, 0) is 30.3 Å². The number of fused-ring (bicyclic) bond motifs is 1. The molecule has 0 aromatic heterocycles. The fraction of sp³-hybridized carbons (Fsp3) is 0.133. The van der Waals surface area contributed by atoms with Gasteiger partial charge >= 0.3 is 11.9 Å². The van der Waals surface area contributed by atoms with E-state index in [4.69, 9.17) is 16.3 Å². The molecule has 2 aromatic rings. The minimum atomic E-state index is -4.59. The van der Waals surface area contributed by atoms with E-state index in [1.54, 1.807) is 0 Å². The number of carbonyl (C=O) groups is 1. The summed E-state index contributed by atoms with van der Waals surface area (Å²) in [5.74, 6) is -1.16. The summed E-state index contributed by atoms with van der Waals surface area (Å²) in [6.45, 7) is -0.578. The van der Waals surface area contributed by atoms with E-state index in [-0.39, 0.29) is 15.7 Å². The second-order valence-corrected chi connectivity index (χ2v) is 7.75. The predicted octanol–water partition coefficient (Wildman–Crippen LogP) is 3.18. The number of sulfone groups is 1. The number of hydrogen-bond acceptors (Lipinski definition) is 6. The second kappa shape index (κ2) is 6.63. The maximum Gasteiger partial charge on any atom is 0.416 e. The molecule has 2 aromatic carbocycles. The molecule has 0 bridgehead atoms. The van der Waals surface area contributed by atoms with Crippen LogP contribution >= 0.6 is 11.6 Å². The number of nitrogens with zero attached hydrogens (tertiary/aromatic N) is 1. The molecule has 8 nitrogen and oxygen atoms in total. The van der Waals surface area contributed by atoms with E-state index in [0.29, 0.717) is 6.07 Å². The van der Waals surface area contributed by atoms with Crippen LogP contribution in [0.1, 0.15) is 15.9 Å². The van der Waals surface area contributed by atoms with Crippen LogP contribution in [-0.4, -0.2) is 26.0 Å². The van der Waals surface area contributed by atoms with Gasteiger partial charge in [0, 0.05) is 0 Å². The molecular weight excluding hydrogens is 429 g/mol. The normalized spacial score (nSPS) is 14.1. The van der Waals surface area contributed by atoms with Gasteiger partial charge in [-0.3, -0.25) is 14.9 Å². The molecular formula is C15H8ClF3N2O6S. The van der Waals surface area contributed by atoms with Gasteiger partial charge in [0.25, 0.3) is 5.91 Å². The summed E-state index contributed by atoms with van der Waals surface area (Å²) >= 11 is 5.70. The van der Waals surface area contributed by atoms with Crippen molar-refractivity contribution in [1.29, 1.82) is 0 Å². The average molecular weight is 437 g/mol. The van der Waals surface area contributed by atoms with E-state index in [1.165, 1.54) is 0 Å². The van der Waals surface area contributed by atoms with Crippen molar-refractivity contribution in [1.82, 2.24) is 5.32 Å². The van der Waals surface area contributed by atoms with Crippen LogP contribution in [0, 0.1) is 10.1 Å². The molecule has 0 radical (unpaired) electrons. The van der Waals surface area contributed by atoms with Crippen LogP contribution in [0.3, 0.4) is 0 Å². The lowest BCUT2D eigenvalue weighted by molar-refractivity contribution is -0.388. The number of ether oxygens (including phenoxy) is 1. The van der Waals surface area contributed by atoms with Gasteiger partial charge in [0.15, 0.2) is 11.6 Å². The van der Waals surface area contributed by atoms with Gasteiger partial charge in [-0.2, -0.15) is 13.2 Å². The molecule has 13 heteroatoms. The third kappa shape index (κ3) is 3.47. The molecule has 0 aliphatic carbocycles. The van der Waals surface area contributed by atoms with Crippen molar-refractivity contribution in [2.75, 3.05) is 6.73 Å². The molecule has 3 rings (SSSR count).